The average molecular weight is 621 g/mol. The Labute approximate surface area is 234 Å². The molecular weight excluding hydrogens is 601 g/mol. The number of nitrogens with one attached hydrogen (secondary N) is 3. The summed E-state index contributed by atoms with van der Waals surface area (Å²) in [4.78, 5) is 41.1. The number of rotatable bonds is 10. The molecule has 2 aromatic heterocycles. The minimum atomic E-state index is -4.28. The fraction of sp³-hybridized carbons (Fsp3) is 0.318. The van der Waals surface area contributed by atoms with Crippen molar-refractivity contribution in [2.45, 2.75) is 36.6 Å². The van der Waals surface area contributed by atoms with Crippen molar-refractivity contribution < 1.29 is 31.5 Å². The van der Waals surface area contributed by atoms with Crippen molar-refractivity contribution in [1.29, 1.82) is 0 Å². The van der Waals surface area contributed by atoms with Crippen LogP contribution in [0.5, 0.6) is 17.4 Å². The number of H-pyrrole nitrogens is 1. The van der Waals surface area contributed by atoms with E-state index in [0.717, 1.165) is 43.7 Å². The van der Waals surface area contributed by atoms with E-state index in [0.29, 0.717) is 4.68 Å². The number of amides is 1. The van der Waals surface area contributed by atoms with Crippen molar-refractivity contribution in [3.8, 4) is 23.1 Å². The average Bonchev–Trinajstić information content (AvgIpc) is 2.87. The number of carbonyl (C=O) groups excluding carboxylic acids is 1. The van der Waals surface area contributed by atoms with Crippen LogP contribution in [0, 0.1) is 0 Å². The molecule has 1 saturated carbocycles. The summed E-state index contributed by atoms with van der Waals surface area (Å²) in [7, 11) is -3.06. The molecule has 1 amide bonds. The highest BCUT2D eigenvalue weighted by Crippen LogP contribution is 2.38. The van der Waals surface area contributed by atoms with Crippen molar-refractivity contribution >= 4 is 39.1 Å². The lowest BCUT2D eigenvalue weighted by molar-refractivity contribution is -0.121. The molecule has 0 spiro atoms. The third-order valence-corrected chi connectivity index (χ3v) is 7.69. The van der Waals surface area contributed by atoms with Crippen molar-refractivity contribution in [3.63, 3.8) is 0 Å². The Morgan fingerprint density at radius 1 is 1.23 bits per heavy atom. The van der Waals surface area contributed by atoms with Gasteiger partial charge in [0.1, 0.15) is 4.90 Å². The van der Waals surface area contributed by atoms with E-state index in [1.54, 1.807) is 4.98 Å². The van der Waals surface area contributed by atoms with E-state index < -0.39 is 50.7 Å². The maximum Gasteiger partial charge on any atom is 0.349 e. The molecule has 1 aromatic carbocycles. The van der Waals surface area contributed by atoms with E-state index in [4.69, 9.17) is 32.7 Å². The summed E-state index contributed by atoms with van der Waals surface area (Å²) in [5, 5.41) is 5.60. The first-order chi connectivity index (χ1) is 18.9. The summed E-state index contributed by atoms with van der Waals surface area (Å²) in [6.07, 6.45) is 0.454. The summed E-state index contributed by atoms with van der Waals surface area (Å²) in [5.41, 5.74) is -3.85. The lowest BCUT2D eigenvalue weighted by Crippen LogP contribution is -2.44. The van der Waals surface area contributed by atoms with Gasteiger partial charge in [-0.25, -0.2) is 31.7 Å². The molecule has 1 fully saturated rings. The number of aromatic amines is 1. The van der Waals surface area contributed by atoms with Crippen LogP contribution >= 0.6 is 23.2 Å². The topological polar surface area (TPSA) is 174 Å². The molecule has 1 aliphatic carbocycles. The minimum absolute atomic E-state index is 0.0262. The highest BCUT2D eigenvalue weighted by molar-refractivity contribution is 7.89. The molecule has 0 atom stereocenters. The number of ether oxygens (including phenoxy) is 2. The molecule has 13 nitrogen and oxygen atoms in total. The quantitative estimate of drug-likeness (QED) is 0.307. The number of hydrogen-bond donors (Lipinski definition) is 3. The number of nitrogens with zero attached hydrogens (tertiary/aromatic N) is 3. The summed E-state index contributed by atoms with van der Waals surface area (Å²) < 4.78 is 65.4. The summed E-state index contributed by atoms with van der Waals surface area (Å²) in [5.74, 6) is -1.17. The lowest BCUT2D eigenvalue weighted by Gasteiger charge is -2.26. The Hall–Kier alpha value is -3.60. The van der Waals surface area contributed by atoms with E-state index >= 15 is 0 Å². The number of benzene rings is 1. The van der Waals surface area contributed by atoms with Gasteiger partial charge in [0.25, 0.3) is 12.0 Å². The number of methoxy groups -OCH3 is 1. The highest BCUT2D eigenvalue weighted by Gasteiger charge is 2.25. The zero-order chi connectivity index (χ0) is 29.2. The van der Waals surface area contributed by atoms with Crippen molar-refractivity contribution in [2.75, 3.05) is 13.7 Å². The Balaban J connectivity index is 1.60. The smallest absolute Gasteiger partial charge is 0.349 e. The van der Waals surface area contributed by atoms with Gasteiger partial charge in [-0.15, -0.1) is 0 Å². The molecule has 18 heteroatoms. The molecule has 0 radical (unpaired) electrons. The second-order valence-corrected chi connectivity index (χ2v) is 10.9. The molecule has 3 aromatic rings. The molecule has 0 saturated heterocycles. The van der Waals surface area contributed by atoms with E-state index in [1.807, 2.05) is 0 Å². The van der Waals surface area contributed by atoms with Crippen molar-refractivity contribution in [3.05, 3.63) is 61.0 Å². The predicted molar refractivity (Wildman–Crippen MR) is 137 cm³/mol. The monoisotopic (exact) mass is 620 g/mol. The van der Waals surface area contributed by atoms with Gasteiger partial charge in [-0.3, -0.25) is 14.6 Å². The first-order valence-corrected chi connectivity index (χ1v) is 13.7. The highest BCUT2D eigenvalue weighted by atomic mass is 35.5. The zero-order valence-corrected chi connectivity index (χ0v) is 22.7. The Morgan fingerprint density at radius 2 is 1.90 bits per heavy atom. The molecule has 40 heavy (non-hydrogen) atoms. The van der Waals surface area contributed by atoms with Gasteiger partial charge in [0, 0.05) is 12.1 Å². The van der Waals surface area contributed by atoms with Gasteiger partial charge in [-0.1, -0.05) is 23.2 Å². The van der Waals surface area contributed by atoms with Crippen LogP contribution in [0.2, 0.25) is 10.0 Å². The van der Waals surface area contributed by atoms with Gasteiger partial charge in [-0.2, -0.15) is 9.78 Å². The van der Waals surface area contributed by atoms with Crippen LogP contribution in [0.1, 0.15) is 31.4 Å². The van der Waals surface area contributed by atoms with Gasteiger partial charge in [-0.05, 0) is 31.4 Å². The number of halogens is 4. The normalized spacial score (nSPS) is 13.7. The maximum absolute atomic E-state index is 13.1. The predicted octanol–water partition coefficient (Wildman–Crippen LogP) is 2.31. The van der Waals surface area contributed by atoms with Gasteiger partial charge in [0.05, 0.1) is 35.6 Å². The maximum atomic E-state index is 13.1. The molecular formula is C22H20Cl2F2N6O7S. The van der Waals surface area contributed by atoms with Gasteiger partial charge >= 0.3 is 5.69 Å². The number of carbonyl (C=O) groups is 1. The lowest BCUT2D eigenvalue weighted by atomic mass is 9.93. The van der Waals surface area contributed by atoms with E-state index in [2.05, 4.69) is 20.1 Å². The fourth-order valence-corrected chi connectivity index (χ4v) is 5.18. The second kappa shape index (κ2) is 11.9. The number of aromatic nitrogens is 4. The van der Waals surface area contributed by atoms with Crippen molar-refractivity contribution in [1.82, 2.24) is 29.8 Å². The SMILES string of the molecule is COc1cnc(Oc2c(Cl)cc(-n3nc(C(F)F)c(=O)[nH]c3=O)cc2Cl)cc1S(=O)(=O)NCC(=O)NC1CCC1. The Bertz CT molecular complexity index is 1660. The van der Waals surface area contributed by atoms with Crippen LogP contribution in [0.3, 0.4) is 0 Å². The van der Waals surface area contributed by atoms with Crippen LogP contribution in [-0.2, 0) is 14.8 Å². The van der Waals surface area contributed by atoms with Gasteiger partial charge < -0.3 is 14.8 Å². The van der Waals surface area contributed by atoms with E-state index in [-0.39, 0.29) is 39.2 Å². The van der Waals surface area contributed by atoms with Crippen LogP contribution in [0.4, 0.5) is 8.78 Å². The summed E-state index contributed by atoms with van der Waals surface area (Å²) >= 11 is 12.5. The second-order valence-electron chi connectivity index (χ2n) is 8.39. The largest absolute Gasteiger partial charge is 0.494 e. The molecule has 4 rings (SSSR count). The van der Waals surface area contributed by atoms with Crippen LogP contribution in [0.15, 0.2) is 38.9 Å². The minimum Gasteiger partial charge on any atom is -0.494 e. The van der Waals surface area contributed by atoms with Crippen molar-refractivity contribution in [2.24, 2.45) is 0 Å². The van der Waals surface area contributed by atoms with Crippen LogP contribution < -0.4 is 30.8 Å². The van der Waals surface area contributed by atoms with Crippen LogP contribution in [-0.4, -0.2) is 53.8 Å². The first-order valence-electron chi connectivity index (χ1n) is 11.4. The van der Waals surface area contributed by atoms with E-state index in [9.17, 15) is 31.6 Å². The molecule has 3 N–H and O–H groups in total. The molecule has 1 aliphatic rings. The summed E-state index contributed by atoms with van der Waals surface area (Å²) in [6.45, 7) is -0.509. The Morgan fingerprint density at radius 3 is 2.48 bits per heavy atom. The molecule has 2 heterocycles. The van der Waals surface area contributed by atoms with Gasteiger partial charge in [0.2, 0.25) is 21.8 Å². The number of alkyl halides is 2. The standard InChI is InChI=1S/C22H20Cl2F2N6O7S/c1-38-14-8-27-17(7-15(14)40(36,37)28-9-16(33)29-10-3-2-4-10)39-19-12(23)5-11(6-13(19)24)32-22(35)30-21(34)18(31-32)20(25)26/h5-8,10,20,28H,2-4,9H2,1H3,(H,29,33)(H,30,34,35). The zero-order valence-electron chi connectivity index (χ0n) is 20.4. The van der Waals surface area contributed by atoms with E-state index in [1.165, 1.54) is 7.11 Å². The Kier molecular flexibility index (Phi) is 8.72. The number of hydrogen-bond acceptors (Lipinski definition) is 9. The number of pyridine rings is 1. The van der Waals surface area contributed by atoms with Gasteiger partial charge in [0.15, 0.2) is 17.2 Å². The summed E-state index contributed by atoms with van der Waals surface area (Å²) in [6, 6.07) is 3.22. The molecule has 0 bridgehead atoms. The fourth-order valence-electron chi connectivity index (χ4n) is 3.50. The van der Waals surface area contributed by atoms with Crippen LogP contribution in [0.25, 0.3) is 5.69 Å². The molecule has 0 aliphatic heterocycles. The molecule has 0 unspecified atom stereocenters. The first kappa shape index (κ1) is 29.4. The third-order valence-electron chi connectivity index (χ3n) is 5.70. The third kappa shape index (κ3) is 6.41. The number of sulfonamides is 1. The molecule has 214 valence electrons.